The van der Waals surface area contributed by atoms with Crippen LogP contribution in [0.5, 0.6) is 11.5 Å². The molecule has 102 valence electrons. The Morgan fingerprint density at radius 3 is 2.60 bits per heavy atom. The number of benzene rings is 1. The van der Waals surface area contributed by atoms with E-state index in [9.17, 15) is 10.2 Å². The van der Waals surface area contributed by atoms with Gasteiger partial charge in [-0.15, -0.1) is 0 Å². The number of rotatable bonds is 2. The number of hydrogen-bond donors (Lipinski definition) is 3. The SMILES string of the molecule is CN(C)c1ccc2[nH]c(-c3cc(O)ccc3O)nc2n1. The first-order valence-electron chi connectivity index (χ1n) is 6.11. The van der Waals surface area contributed by atoms with E-state index in [2.05, 4.69) is 15.0 Å². The van der Waals surface area contributed by atoms with Crippen molar-refractivity contribution in [1.29, 1.82) is 0 Å². The third kappa shape index (κ3) is 2.01. The van der Waals surface area contributed by atoms with Crippen LogP contribution in [0.4, 0.5) is 5.82 Å². The van der Waals surface area contributed by atoms with Crippen molar-refractivity contribution < 1.29 is 10.2 Å². The molecule has 0 atom stereocenters. The summed E-state index contributed by atoms with van der Waals surface area (Å²) in [6, 6.07) is 8.07. The molecule has 0 unspecified atom stereocenters. The van der Waals surface area contributed by atoms with Gasteiger partial charge in [-0.25, -0.2) is 9.97 Å². The maximum absolute atomic E-state index is 9.86. The second kappa shape index (κ2) is 4.41. The van der Waals surface area contributed by atoms with Crippen LogP contribution in [0, 0.1) is 0 Å². The Kier molecular flexibility index (Phi) is 2.71. The van der Waals surface area contributed by atoms with Crippen molar-refractivity contribution in [3.05, 3.63) is 30.3 Å². The van der Waals surface area contributed by atoms with E-state index in [1.807, 2.05) is 31.1 Å². The molecule has 0 aliphatic carbocycles. The highest BCUT2D eigenvalue weighted by Gasteiger charge is 2.12. The van der Waals surface area contributed by atoms with E-state index in [1.165, 1.54) is 18.2 Å². The number of aromatic amines is 1. The van der Waals surface area contributed by atoms with Gasteiger partial charge in [-0.3, -0.25) is 0 Å². The van der Waals surface area contributed by atoms with Crippen molar-refractivity contribution in [3.63, 3.8) is 0 Å². The molecular weight excluding hydrogens is 256 g/mol. The number of phenolic OH excluding ortho intramolecular Hbond substituents is 2. The van der Waals surface area contributed by atoms with Crippen molar-refractivity contribution in [1.82, 2.24) is 15.0 Å². The van der Waals surface area contributed by atoms with Crippen molar-refractivity contribution in [3.8, 4) is 22.9 Å². The summed E-state index contributed by atoms with van der Waals surface area (Å²) in [7, 11) is 3.81. The van der Waals surface area contributed by atoms with Crippen LogP contribution in [0.1, 0.15) is 0 Å². The van der Waals surface area contributed by atoms with Crippen LogP contribution in [-0.4, -0.2) is 39.3 Å². The highest BCUT2D eigenvalue weighted by Crippen LogP contribution is 2.31. The third-order valence-electron chi connectivity index (χ3n) is 3.02. The molecule has 0 aliphatic rings. The van der Waals surface area contributed by atoms with Gasteiger partial charge in [-0.2, -0.15) is 0 Å². The zero-order valence-corrected chi connectivity index (χ0v) is 11.1. The molecule has 1 aromatic carbocycles. The molecule has 0 fully saturated rings. The lowest BCUT2D eigenvalue weighted by Gasteiger charge is -2.09. The van der Waals surface area contributed by atoms with Crippen LogP contribution >= 0.6 is 0 Å². The van der Waals surface area contributed by atoms with Crippen LogP contribution in [0.2, 0.25) is 0 Å². The van der Waals surface area contributed by atoms with Gasteiger partial charge >= 0.3 is 0 Å². The van der Waals surface area contributed by atoms with E-state index in [4.69, 9.17) is 0 Å². The maximum atomic E-state index is 9.86. The number of hydrogen-bond acceptors (Lipinski definition) is 5. The average molecular weight is 270 g/mol. The molecule has 6 nitrogen and oxygen atoms in total. The van der Waals surface area contributed by atoms with Gasteiger partial charge in [-0.1, -0.05) is 0 Å². The molecular formula is C14H14N4O2. The average Bonchev–Trinajstić information content (AvgIpc) is 2.83. The van der Waals surface area contributed by atoms with Crippen LogP contribution < -0.4 is 4.90 Å². The summed E-state index contributed by atoms with van der Waals surface area (Å²) in [6.45, 7) is 0. The van der Waals surface area contributed by atoms with Gasteiger partial charge in [0, 0.05) is 14.1 Å². The van der Waals surface area contributed by atoms with E-state index in [0.29, 0.717) is 17.0 Å². The molecule has 0 amide bonds. The summed E-state index contributed by atoms with van der Waals surface area (Å²) in [6.07, 6.45) is 0. The number of anilines is 1. The number of fused-ring (bicyclic) bond motifs is 1. The summed E-state index contributed by atoms with van der Waals surface area (Å²) in [5, 5.41) is 19.4. The van der Waals surface area contributed by atoms with E-state index >= 15 is 0 Å². The van der Waals surface area contributed by atoms with Crippen LogP contribution in [0.15, 0.2) is 30.3 Å². The normalized spacial score (nSPS) is 10.9. The summed E-state index contributed by atoms with van der Waals surface area (Å²) < 4.78 is 0. The molecule has 6 heteroatoms. The fourth-order valence-corrected chi connectivity index (χ4v) is 1.97. The molecule has 2 aromatic heterocycles. The Bertz CT molecular complexity index is 780. The van der Waals surface area contributed by atoms with E-state index in [0.717, 1.165) is 11.3 Å². The quantitative estimate of drug-likeness (QED) is 0.621. The monoisotopic (exact) mass is 270 g/mol. The first kappa shape index (κ1) is 12.3. The van der Waals surface area contributed by atoms with Gasteiger partial charge in [0.25, 0.3) is 0 Å². The number of imidazole rings is 1. The molecule has 3 N–H and O–H groups in total. The van der Waals surface area contributed by atoms with Gasteiger partial charge in [-0.05, 0) is 30.3 Å². The Balaban J connectivity index is 2.15. The topological polar surface area (TPSA) is 85.3 Å². The molecule has 0 bridgehead atoms. The molecule has 20 heavy (non-hydrogen) atoms. The van der Waals surface area contributed by atoms with Crippen molar-refractivity contribution >= 4 is 17.0 Å². The smallest absolute Gasteiger partial charge is 0.180 e. The first-order valence-corrected chi connectivity index (χ1v) is 6.11. The van der Waals surface area contributed by atoms with Crippen LogP contribution in [-0.2, 0) is 0 Å². The van der Waals surface area contributed by atoms with Crippen molar-refractivity contribution in [2.75, 3.05) is 19.0 Å². The van der Waals surface area contributed by atoms with Gasteiger partial charge < -0.3 is 20.1 Å². The number of H-pyrrole nitrogens is 1. The number of aromatic nitrogens is 3. The zero-order valence-electron chi connectivity index (χ0n) is 11.1. The van der Waals surface area contributed by atoms with Gasteiger partial charge in [0.05, 0.1) is 11.1 Å². The maximum Gasteiger partial charge on any atom is 0.180 e. The van der Waals surface area contributed by atoms with Crippen LogP contribution in [0.3, 0.4) is 0 Å². The minimum absolute atomic E-state index is 0.0506. The minimum Gasteiger partial charge on any atom is -0.508 e. The molecule has 2 heterocycles. The van der Waals surface area contributed by atoms with Gasteiger partial charge in [0.2, 0.25) is 0 Å². The standard InChI is InChI=1S/C14H14N4O2/c1-18(2)12-6-4-10-14(16-12)17-13(15-10)9-7-8(19)3-5-11(9)20/h3-7,19-20H,1-2H3,(H,15,16,17). The lowest BCUT2D eigenvalue weighted by molar-refractivity contribution is 0.461. The van der Waals surface area contributed by atoms with Crippen molar-refractivity contribution in [2.45, 2.75) is 0 Å². The van der Waals surface area contributed by atoms with Gasteiger partial charge in [0.1, 0.15) is 23.1 Å². The summed E-state index contributed by atoms with van der Waals surface area (Å²) in [4.78, 5) is 13.7. The van der Waals surface area contributed by atoms with Gasteiger partial charge in [0.15, 0.2) is 5.65 Å². The predicted octanol–water partition coefficient (Wildman–Crippen LogP) is 2.10. The largest absolute Gasteiger partial charge is 0.508 e. The summed E-state index contributed by atoms with van der Waals surface area (Å²) in [5.74, 6) is 1.39. The van der Waals surface area contributed by atoms with E-state index < -0.39 is 0 Å². The molecule has 0 radical (unpaired) electrons. The van der Waals surface area contributed by atoms with E-state index in [1.54, 1.807) is 0 Å². The number of aromatic hydroxyl groups is 2. The Hall–Kier alpha value is -2.76. The lowest BCUT2D eigenvalue weighted by Crippen LogP contribution is -2.10. The molecule has 0 spiro atoms. The van der Waals surface area contributed by atoms with Crippen molar-refractivity contribution in [2.24, 2.45) is 0 Å². The predicted molar refractivity (Wildman–Crippen MR) is 77.0 cm³/mol. The Morgan fingerprint density at radius 1 is 1.05 bits per heavy atom. The second-order valence-electron chi connectivity index (χ2n) is 4.72. The zero-order chi connectivity index (χ0) is 14.3. The third-order valence-corrected chi connectivity index (χ3v) is 3.02. The second-order valence-corrected chi connectivity index (χ2v) is 4.72. The number of nitrogens with one attached hydrogen (secondary N) is 1. The van der Waals surface area contributed by atoms with E-state index in [-0.39, 0.29) is 11.5 Å². The summed E-state index contributed by atoms with van der Waals surface area (Å²) in [5.41, 5.74) is 1.77. The Morgan fingerprint density at radius 2 is 1.85 bits per heavy atom. The highest BCUT2D eigenvalue weighted by atomic mass is 16.3. The number of nitrogens with zero attached hydrogens (tertiary/aromatic N) is 3. The molecule has 0 saturated carbocycles. The summed E-state index contributed by atoms with van der Waals surface area (Å²) >= 11 is 0. The fourth-order valence-electron chi connectivity index (χ4n) is 1.97. The number of pyridine rings is 1. The molecule has 3 aromatic rings. The number of phenols is 2. The highest BCUT2D eigenvalue weighted by molar-refractivity contribution is 5.79. The molecule has 0 saturated heterocycles. The fraction of sp³-hybridized carbons (Fsp3) is 0.143. The molecule has 3 rings (SSSR count). The lowest BCUT2D eigenvalue weighted by atomic mass is 10.2. The Labute approximate surface area is 115 Å². The minimum atomic E-state index is 0.0506. The van der Waals surface area contributed by atoms with Crippen LogP contribution in [0.25, 0.3) is 22.6 Å². The first-order chi connectivity index (χ1) is 9.54. The molecule has 0 aliphatic heterocycles.